The lowest BCUT2D eigenvalue weighted by atomic mass is 10.3. The van der Waals surface area contributed by atoms with Crippen LogP contribution in [0.15, 0.2) is 4.99 Å². The summed E-state index contributed by atoms with van der Waals surface area (Å²) in [6.45, 7) is 6.13. The molecular formula is C15H30N4O2. The van der Waals surface area contributed by atoms with E-state index in [1.165, 1.54) is 12.8 Å². The van der Waals surface area contributed by atoms with Gasteiger partial charge in [0.25, 0.3) is 0 Å². The Labute approximate surface area is 128 Å². The third-order valence-electron chi connectivity index (χ3n) is 4.02. The Balaban J connectivity index is 1.61. The molecule has 1 saturated heterocycles. The lowest BCUT2D eigenvalue weighted by Gasteiger charge is -2.31. The Morgan fingerprint density at radius 1 is 1.48 bits per heavy atom. The first-order valence-corrected chi connectivity index (χ1v) is 7.98. The number of likely N-dealkylation sites (N-methyl/N-ethyl adjacent to an activating group) is 2. The SMILES string of the molecule is CN=C(NCC1CN(C)CCO1)N(C)CCOCC1CC1. The molecule has 0 aromatic heterocycles. The van der Waals surface area contributed by atoms with Crippen molar-refractivity contribution in [2.45, 2.75) is 18.9 Å². The zero-order valence-electron chi connectivity index (χ0n) is 13.7. The van der Waals surface area contributed by atoms with Crippen LogP contribution in [-0.4, -0.2) is 89.0 Å². The normalized spacial score (nSPS) is 24.1. The topological polar surface area (TPSA) is 49.3 Å². The van der Waals surface area contributed by atoms with Gasteiger partial charge in [-0.05, 0) is 25.8 Å². The molecule has 0 radical (unpaired) electrons. The molecule has 1 aliphatic carbocycles. The van der Waals surface area contributed by atoms with Crippen LogP contribution in [0.4, 0.5) is 0 Å². The highest BCUT2D eigenvalue weighted by atomic mass is 16.5. The molecule has 0 bridgehead atoms. The Bertz CT molecular complexity index is 334. The largest absolute Gasteiger partial charge is 0.379 e. The average Bonchev–Trinajstić information content (AvgIpc) is 3.28. The van der Waals surface area contributed by atoms with Crippen LogP contribution in [0.2, 0.25) is 0 Å². The standard InChI is InChI=1S/C15H30N4O2/c1-16-15(17-10-14-11-18(2)6-9-21-14)19(3)7-8-20-12-13-4-5-13/h13-14H,4-12H2,1-3H3,(H,16,17). The monoisotopic (exact) mass is 298 g/mol. The zero-order chi connectivity index (χ0) is 15.1. The van der Waals surface area contributed by atoms with Gasteiger partial charge >= 0.3 is 0 Å². The molecule has 2 rings (SSSR count). The van der Waals surface area contributed by atoms with Crippen molar-refractivity contribution in [3.63, 3.8) is 0 Å². The van der Waals surface area contributed by atoms with Crippen LogP contribution in [0.1, 0.15) is 12.8 Å². The summed E-state index contributed by atoms with van der Waals surface area (Å²) in [5, 5.41) is 3.39. The highest BCUT2D eigenvalue weighted by molar-refractivity contribution is 5.79. The molecule has 2 fully saturated rings. The third-order valence-corrected chi connectivity index (χ3v) is 4.02. The Hall–Kier alpha value is -0.850. The number of morpholine rings is 1. The lowest BCUT2D eigenvalue weighted by molar-refractivity contribution is -0.0163. The fourth-order valence-corrected chi connectivity index (χ4v) is 2.42. The average molecular weight is 298 g/mol. The second kappa shape index (κ2) is 8.56. The summed E-state index contributed by atoms with van der Waals surface area (Å²) in [6, 6.07) is 0. The van der Waals surface area contributed by atoms with Crippen LogP contribution >= 0.6 is 0 Å². The molecule has 2 aliphatic rings. The van der Waals surface area contributed by atoms with E-state index in [0.717, 1.165) is 57.9 Å². The van der Waals surface area contributed by atoms with Gasteiger partial charge in [-0.15, -0.1) is 0 Å². The Morgan fingerprint density at radius 2 is 2.29 bits per heavy atom. The van der Waals surface area contributed by atoms with Crippen molar-refractivity contribution in [2.75, 3.05) is 67.1 Å². The van der Waals surface area contributed by atoms with Crippen LogP contribution in [0.3, 0.4) is 0 Å². The second-order valence-corrected chi connectivity index (χ2v) is 6.12. The predicted octanol–water partition coefficient (Wildman–Crippen LogP) is 0.251. The predicted molar refractivity (Wildman–Crippen MR) is 84.8 cm³/mol. The fourth-order valence-electron chi connectivity index (χ4n) is 2.42. The van der Waals surface area contributed by atoms with Gasteiger partial charge in [0.1, 0.15) is 0 Å². The molecule has 1 atom stereocenters. The molecule has 0 spiro atoms. The number of rotatable bonds is 7. The van der Waals surface area contributed by atoms with Gasteiger partial charge in [-0.25, -0.2) is 0 Å². The van der Waals surface area contributed by atoms with Crippen molar-refractivity contribution in [2.24, 2.45) is 10.9 Å². The van der Waals surface area contributed by atoms with E-state index in [1.54, 1.807) is 0 Å². The summed E-state index contributed by atoms with van der Waals surface area (Å²) in [5.41, 5.74) is 0. The van der Waals surface area contributed by atoms with Gasteiger partial charge in [-0.2, -0.15) is 0 Å². The van der Waals surface area contributed by atoms with Crippen molar-refractivity contribution in [1.29, 1.82) is 0 Å². The first-order valence-electron chi connectivity index (χ1n) is 7.98. The van der Waals surface area contributed by atoms with Gasteiger partial charge in [0.2, 0.25) is 0 Å². The Morgan fingerprint density at radius 3 is 2.95 bits per heavy atom. The van der Waals surface area contributed by atoms with Gasteiger partial charge in [0.05, 0.1) is 19.3 Å². The van der Waals surface area contributed by atoms with Crippen LogP contribution in [0, 0.1) is 5.92 Å². The number of nitrogens with one attached hydrogen (secondary N) is 1. The molecule has 0 amide bonds. The maximum Gasteiger partial charge on any atom is 0.193 e. The van der Waals surface area contributed by atoms with Crippen LogP contribution in [-0.2, 0) is 9.47 Å². The summed E-state index contributed by atoms with van der Waals surface area (Å²) in [6.07, 6.45) is 2.92. The van der Waals surface area contributed by atoms with Gasteiger partial charge < -0.3 is 24.6 Å². The summed E-state index contributed by atoms with van der Waals surface area (Å²) in [4.78, 5) is 8.73. The van der Waals surface area contributed by atoms with Crippen molar-refractivity contribution >= 4 is 5.96 Å². The minimum absolute atomic E-state index is 0.236. The molecule has 1 unspecified atom stereocenters. The van der Waals surface area contributed by atoms with Gasteiger partial charge in [-0.1, -0.05) is 0 Å². The van der Waals surface area contributed by atoms with Gasteiger partial charge in [0, 0.05) is 46.9 Å². The van der Waals surface area contributed by atoms with E-state index in [1.807, 2.05) is 14.1 Å². The number of hydrogen-bond donors (Lipinski definition) is 1. The molecular weight excluding hydrogens is 268 g/mol. The molecule has 0 aromatic carbocycles. The zero-order valence-corrected chi connectivity index (χ0v) is 13.7. The lowest BCUT2D eigenvalue weighted by Crippen LogP contribution is -2.49. The second-order valence-electron chi connectivity index (χ2n) is 6.12. The molecule has 1 aliphatic heterocycles. The summed E-state index contributed by atoms with van der Waals surface area (Å²) >= 11 is 0. The fraction of sp³-hybridized carbons (Fsp3) is 0.933. The molecule has 21 heavy (non-hydrogen) atoms. The number of nitrogens with zero attached hydrogens (tertiary/aromatic N) is 3. The highest BCUT2D eigenvalue weighted by Crippen LogP contribution is 2.28. The van der Waals surface area contributed by atoms with Gasteiger partial charge in [0.15, 0.2) is 5.96 Å². The number of guanidine groups is 1. The van der Waals surface area contributed by atoms with Crippen molar-refractivity contribution in [1.82, 2.24) is 15.1 Å². The van der Waals surface area contributed by atoms with E-state index in [0.29, 0.717) is 0 Å². The van der Waals surface area contributed by atoms with E-state index >= 15 is 0 Å². The molecule has 1 N–H and O–H groups in total. The smallest absolute Gasteiger partial charge is 0.193 e. The molecule has 122 valence electrons. The van der Waals surface area contributed by atoms with Crippen LogP contribution in [0.25, 0.3) is 0 Å². The third kappa shape index (κ3) is 6.20. The number of hydrogen-bond acceptors (Lipinski definition) is 4. The summed E-state index contributed by atoms with van der Waals surface area (Å²) in [5.74, 6) is 1.73. The quantitative estimate of drug-likeness (QED) is 0.415. The molecule has 1 saturated carbocycles. The minimum atomic E-state index is 0.236. The Kier molecular flexibility index (Phi) is 6.73. The van der Waals surface area contributed by atoms with E-state index in [4.69, 9.17) is 9.47 Å². The highest BCUT2D eigenvalue weighted by Gasteiger charge is 2.21. The van der Waals surface area contributed by atoms with Gasteiger partial charge in [-0.3, -0.25) is 4.99 Å². The molecule has 0 aromatic rings. The molecule has 1 heterocycles. The summed E-state index contributed by atoms with van der Waals surface area (Å²) < 4.78 is 11.4. The van der Waals surface area contributed by atoms with E-state index in [-0.39, 0.29) is 6.10 Å². The van der Waals surface area contributed by atoms with Crippen molar-refractivity contribution < 1.29 is 9.47 Å². The molecule has 6 heteroatoms. The summed E-state index contributed by atoms with van der Waals surface area (Å²) in [7, 11) is 6.00. The van der Waals surface area contributed by atoms with Crippen LogP contribution in [0.5, 0.6) is 0 Å². The maximum atomic E-state index is 5.75. The number of aliphatic imine (C=N–C) groups is 1. The van der Waals surface area contributed by atoms with Crippen molar-refractivity contribution in [3.8, 4) is 0 Å². The first kappa shape index (κ1) is 16.5. The van der Waals surface area contributed by atoms with E-state index in [2.05, 4.69) is 27.2 Å². The van der Waals surface area contributed by atoms with E-state index in [9.17, 15) is 0 Å². The van der Waals surface area contributed by atoms with E-state index < -0.39 is 0 Å². The first-order chi connectivity index (χ1) is 10.2. The van der Waals surface area contributed by atoms with Crippen molar-refractivity contribution in [3.05, 3.63) is 0 Å². The van der Waals surface area contributed by atoms with Crippen LogP contribution < -0.4 is 5.32 Å². The molecule has 6 nitrogen and oxygen atoms in total. The maximum absolute atomic E-state index is 5.75. The number of ether oxygens (including phenoxy) is 2. The minimum Gasteiger partial charge on any atom is -0.379 e.